The number of carbonyl (C=O) groups is 3. The number of ether oxygens (including phenoxy) is 1. The van der Waals surface area contributed by atoms with Gasteiger partial charge in [-0.2, -0.15) is 5.10 Å². The highest BCUT2D eigenvalue weighted by atomic mass is 19.1. The van der Waals surface area contributed by atoms with Gasteiger partial charge in [0.05, 0.1) is 6.21 Å². The Hall–Kier alpha value is -4.53. The minimum atomic E-state index is -0.899. The third kappa shape index (κ3) is 7.27. The van der Waals surface area contributed by atoms with Crippen molar-refractivity contribution in [3.8, 4) is 5.75 Å². The maximum Gasteiger partial charge on any atom is 0.329 e. The number of hydrazone groups is 1. The fourth-order valence-corrected chi connectivity index (χ4v) is 2.80. The smallest absolute Gasteiger partial charge is 0.329 e. The molecule has 0 atom stereocenters. The summed E-state index contributed by atoms with van der Waals surface area (Å²) in [5.41, 5.74) is 5.64. The minimum absolute atomic E-state index is 0.226. The molecule has 3 amide bonds. The van der Waals surface area contributed by atoms with Gasteiger partial charge < -0.3 is 15.4 Å². The second-order valence-corrected chi connectivity index (χ2v) is 7.38. The van der Waals surface area contributed by atoms with E-state index >= 15 is 0 Å². The molecule has 0 fully saturated rings. The van der Waals surface area contributed by atoms with Gasteiger partial charge in [-0.25, -0.2) is 9.82 Å². The lowest BCUT2D eigenvalue weighted by Gasteiger charge is -2.08. The number of hydrogen-bond donors (Lipinski definition) is 3. The van der Waals surface area contributed by atoms with Crippen LogP contribution in [0.5, 0.6) is 5.75 Å². The van der Waals surface area contributed by atoms with Crippen molar-refractivity contribution in [2.24, 2.45) is 5.10 Å². The van der Waals surface area contributed by atoms with Crippen molar-refractivity contribution in [1.82, 2.24) is 5.43 Å². The molecule has 0 aliphatic rings. The Morgan fingerprint density at radius 1 is 0.912 bits per heavy atom. The number of rotatable bonds is 7. The second kappa shape index (κ2) is 11.4. The van der Waals surface area contributed by atoms with Crippen molar-refractivity contribution in [2.45, 2.75) is 13.8 Å². The molecule has 0 aliphatic heterocycles. The molecular formula is C25H23FN4O4. The monoisotopic (exact) mass is 462 g/mol. The van der Waals surface area contributed by atoms with Crippen LogP contribution in [0.2, 0.25) is 0 Å². The summed E-state index contributed by atoms with van der Waals surface area (Å²) < 4.78 is 18.3. The van der Waals surface area contributed by atoms with Gasteiger partial charge >= 0.3 is 11.8 Å². The Morgan fingerprint density at radius 2 is 1.62 bits per heavy atom. The van der Waals surface area contributed by atoms with Crippen molar-refractivity contribution >= 4 is 35.3 Å². The topological polar surface area (TPSA) is 109 Å². The van der Waals surface area contributed by atoms with Crippen LogP contribution in [0.25, 0.3) is 0 Å². The zero-order valence-corrected chi connectivity index (χ0v) is 18.6. The van der Waals surface area contributed by atoms with E-state index in [0.29, 0.717) is 22.7 Å². The average molecular weight is 462 g/mol. The highest BCUT2D eigenvalue weighted by Crippen LogP contribution is 2.16. The molecule has 0 bridgehead atoms. The van der Waals surface area contributed by atoms with Gasteiger partial charge in [-0.15, -0.1) is 0 Å². The number of halogens is 1. The molecule has 3 aromatic carbocycles. The average Bonchev–Trinajstić information content (AvgIpc) is 2.82. The van der Waals surface area contributed by atoms with Crippen molar-refractivity contribution in [2.75, 3.05) is 17.2 Å². The molecule has 0 saturated carbocycles. The lowest BCUT2D eigenvalue weighted by Crippen LogP contribution is -2.32. The van der Waals surface area contributed by atoms with Crippen molar-refractivity contribution in [3.63, 3.8) is 0 Å². The number of benzene rings is 3. The van der Waals surface area contributed by atoms with Crippen LogP contribution in [0.1, 0.15) is 16.7 Å². The number of nitrogens with one attached hydrogen (secondary N) is 3. The molecule has 3 rings (SSSR count). The largest absolute Gasteiger partial charge is 0.484 e. The predicted octanol–water partition coefficient (Wildman–Crippen LogP) is 3.55. The number of carbonyl (C=O) groups excluding carboxylic acids is 3. The van der Waals surface area contributed by atoms with Crippen molar-refractivity contribution in [3.05, 3.63) is 89.2 Å². The molecule has 3 aromatic rings. The van der Waals surface area contributed by atoms with Gasteiger partial charge in [0.1, 0.15) is 11.6 Å². The molecule has 0 aliphatic carbocycles. The summed E-state index contributed by atoms with van der Waals surface area (Å²) in [5.74, 6) is -2.06. The van der Waals surface area contributed by atoms with Gasteiger partial charge in [0.25, 0.3) is 5.91 Å². The summed E-state index contributed by atoms with van der Waals surface area (Å²) in [6, 6.07) is 17.5. The Kier molecular flexibility index (Phi) is 8.07. The molecule has 3 N–H and O–H groups in total. The molecule has 0 radical (unpaired) electrons. The van der Waals surface area contributed by atoms with E-state index in [1.807, 2.05) is 26.0 Å². The minimum Gasteiger partial charge on any atom is -0.484 e. The number of hydrogen-bond acceptors (Lipinski definition) is 5. The number of aryl methyl sites for hydroxylation is 2. The van der Waals surface area contributed by atoms with Gasteiger partial charge in [-0.05, 0) is 85.1 Å². The zero-order chi connectivity index (χ0) is 24.5. The Balaban J connectivity index is 1.44. The second-order valence-electron chi connectivity index (χ2n) is 7.38. The standard InChI is InChI=1S/C25H23FN4O4/c1-16-3-4-17(2)22(13-16)29-24(32)25(33)30-27-14-18-5-11-21(12-6-18)34-15-23(31)28-20-9-7-19(26)8-10-20/h3-14H,15H2,1-2H3,(H,28,31)(H,29,32)(H,30,33)/b27-14-. The van der Waals surface area contributed by atoms with E-state index in [0.717, 1.165) is 11.1 Å². The normalized spacial score (nSPS) is 10.6. The molecule has 9 heteroatoms. The molecule has 8 nitrogen and oxygen atoms in total. The number of amides is 3. The number of anilines is 2. The molecule has 0 aromatic heterocycles. The summed E-state index contributed by atoms with van der Waals surface area (Å²) >= 11 is 0. The van der Waals surface area contributed by atoms with Crippen LogP contribution in [-0.4, -0.2) is 30.5 Å². The third-order valence-electron chi connectivity index (χ3n) is 4.61. The maximum absolute atomic E-state index is 12.9. The lowest BCUT2D eigenvalue weighted by atomic mass is 10.1. The van der Waals surface area contributed by atoms with Crippen molar-refractivity contribution in [1.29, 1.82) is 0 Å². The summed E-state index contributed by atoms with van der Waals surface area (Å²) in [4.78, 5) is 36.0. The van der Waals surface area contributed by atoms with Crippen LogP contribution >= 0.6 is 0 Å². The van der Waals surface area contributed by atoms with Gasteiger partial charge in [0.15, 0.2) is 6.61 Å². The van der Waals surface area contributed by atoms with Gasteiger partial charge in [0.2, 0.25) is 0 Å². The summed E-state index contributed by atoms with van der Waals surface area (Å²) in [6.07, 6.45) is 1.37. The summed E-state index contributed by atoms with van der Waals surface area (Å²) in [5, 5.41) is 8.94. The molecular weight excluding hydrogens is 439 g/mol. The van der Waals surface area contributed by atoms with Crippen LogP contribution in [0.15, 0.2) is 71.8 Å². The van der Waals surface area contributed by atoms with Gasteiger partial charge in [0, 0.05) is 11.4 Å². The molecule has 0 unspecified atom stereocenters. The quantitative estimate of drug-likeness (QED) is 0.283. The van der Waals surface area contributed by atoms with E-state index in [1.54, 1.807) is 30.3 Å². The highest BCUT2D eigenvalue weighted by Gasteiger charge is 2.14. The molecule has 34 heavy (non-hydrogen) atoms. The van der Waals surface area contributed by atoms with E-state index < -0.39 is 17.6 Å². The first kappa shape index (κ1) is 24.1. The van der Waals surface area contributed by atoms with Crippen molar-refractivity contribution < 1.29 is 23.5 Å². The fourth-order valence-electron chi connectivity index (χ4n) is 2.80. The third-order valence-corrected chi connectivity index (χ3v) is 4.61. The molecule has 0 saturated heterocycles. The molecule has 0 heterocycles. The first-order valence-electron chi connectivity index (χ1n) is 10.3. The van der Waals surface area contributed by atoms with E-state index in [2.05, 4.69) is 21.2 Å². The van der Waals surface area contributed by atoms with Crippen LogP contribution < -0.4 is 20.8 Å². The Labute approximate surface area is 195 Å². The molecule has 174 valence electrons. The zero-order valence-electron chi connectivity index (χ0n) is 18.6. The summed E-state index contributed by atoms with van der Waals surface area (Å²) in [7, 11) is 0. The Morgan fingerprint density at radius 3 is 2.32 bits per heavy atom. The van der Waals surface area contributed by atoms with Crippen LogP contribution in [-0.2, 0) is 14.4 Å². The molecule has 0 spiro atoms. The summed E-state index contributed by atoms with van der Waals surface area (Å²) in [6.45, 7) is 3.49. The van der Waals surface area contributed by atoms with E-state index in [9.17, 15) is 18.8 Å². The Bertz CT molecular complexity index is 1210. The first-order valence-corrected chi connectivity index (χ1v) is 10.3. The van der Waals surface area contributed by atoms with Crippen LogP contribution in [0.3, 0.4) is 0 Å². The number of nitrogens with zero attached hydrogens (tertiary/aromatic N) is 1. The predicted molar refractivity (Wildman–Crippen MR) is 127 cm³/mol. The fraction of sp³-hybridized carbons (Fsp3) is 0.120. The highest BCUT2D eigenvalue weighted by molar-refractivity contribution is 6.39. The first-order chi connectivity index (χ1) is 16.3. The SMILES string of the molecule is Cc1ccc(C)c(NC(=O)C(=O)N/N=C\c2ccc(OCC(=O)Nc3ccc(F)cc3)cc2)c1. The van der Waals surface area contributed by atoms with E-state index in [-0.39, 0.29) is 12.5 Å². The maximum atomic E-state index is 12.9. The van der Waals surface area contributed by atoms with E-state index in [4.69, 9.17) is 4.74 Å². The van der Waals surface area contributed by atoms with E-state index in [1.165, 1.54) is 30.5 Å². The van der Waals surface area contributed by atoms with Gasteiger partial charge in [-0.3, -0.25) is 14.4 Å². The van der Waals surface area contributed by atoms with Gasteiger partial charge in [-0.1, -0.05) is 12.1 Å². The lowest BCUT2D eigenvalue weighted by molar-refractivity contribution is -0.136. The van der Waals surface area contributed by atoms with Crippen LogP contribution in [0.4, 0.5) is 15.8 Å². The van der Waals surface area contributed by atoms with Crippen LogP contribution in [0, 0.1) is 19.7 Å².